The van der Waals surface area contributed by atoms with Crippen LogP contribution in [0.15, 0.2) is 17.5 Å². The largest absolute Gasteiger partial charge is 0.339 e. The number of piperidine rings is 1. The molecule has 1 aromatic heterocycles. The van der Waals surface area contributed by atoms with Gasteiger partial charge in [0, 0.05) is 36.7 Å². The van der Waals surface area contributed by atoms with Crippen LogP contribution in [0.3, 0.4) is 0 Å². The maximum atomic E-state index is 12.6. The average Bonchev–Trinajstić information content (AvgIpc) is 3.13. The van der Waals surface area contributed by atoms with Crippen molar-refractivity contribution in [1.29, 1.82) is 0 Å². The molecule has 1 aliphatic carbocycles. The van der Waals surface area contributed by atoms with Crippen LogP contribution in [0.25, 0.3) is 0 Å². The molecule has 0 spiro atoms. The third kappa shape index (κ3) is 5.40. The molecule has 0 N–H and O–H groups in total. The molecule has 1 saturated carbocycles. The third-order valence-corrected chi connectivity index (χ3v) is 6.74. The van der Waals surface area contributed by atoms with Crippen molar-refractivity contribution in [2.75, 3.05) is 6.54 Å². The first-order valence-electron chi connectivity index (χ1n) is 10.1. The van der Waals surface area contributed by atoms with E-state index in [0.717, 1.165) is 36.6 Å². The van der Waals surface area contributed by atoms with E-state index in [1.807, 2.05) is 17.5 Å². The van der Waals surface area contributed by atoms with Gasteiger partial charge < -0.3 is 4.90 Å². The van der Waals surface area contributed by atoms with Crippen LogP contribution in [-0.2, 0) is 16.0 Å². The maximum absolute atomic E-state index is 12.6. The Kier molecular flexibility index (Phi) is 7.09. The van der Waals surface area contributed by atoms with Crippen LogP contribution in [0.4, 0.5) is 0 Å². The Hall–Kier alpha value is -1.16. The van der Waals surface area contributed by atoms with Gasteiger partial charge in [-0.25, -0.2) is 0 Å². The molecule has 25 heavy (non-hydrogen) atoms. The zero-order chi connectivity index (χ0) is 17.5. The number of Topliss-reactive ketones (excluding diaryl/α,β-unsaturated/α-hetero) is 1. The average molecular weight is 362 g/mol. The topological polar surface area (TPSA) is 37.4 Å². The molecule has 1 aromatic rings. The van der Waals surface area contributed by atoms with E-state index >= 15 is 0 Å². The molecule has 2 unspecified atom stereocenters. The molecule has 1 amide bonds. The summed E-state index contributed by atoms with van der Waals surface area (Å²) in [6, 6.07) is 4.55. The summed E-state index contributed by atoms with van der Waals surface area (Å²) in [5, 5.41) is 2.02. The van der Waals surface area contributed by atoms with E-state index in [2.05, 4.69) is 4.90 Å². The Labute approximate surface area is 155 Å². The highest BCUT2D eigenvalue weighted by Crippen LogP contribution is 2.35. The fourth-order valence-electron chi connectivity index (χ4n) is 4.55. The van der Waals surface area contributed by atoms with Crippen LogP contribution in [0.2, 0.25) is 0 Å². The minimum Gasteiger partial charge on any atom is -0.339 e. The lowest BCUT2D eigenvalue weighted by atomic mass is 9.78. The van der Waals surface area contributed by atoms with Gasteiger partial charge in [-0.1, -0.05) is 25.3 Å². The summed E-state index contributed by atoms with van der Waals surface area (Å²) in [5.41, 5.74) is 0. The van der Waals surface area contributed by atoms with E-state index in [-0.39, 0.29) is 0 Å². The maximum Gasteiger partial charge on any atom is 0.222 e. The van der Waals surface area contributed by atoms with Crippen LogP contribution in [0, 0.1) is 5.92 Å². The Morgan fingerprint density at radius 1 is 1.04 bits per heavy atom. The van der Waals surface area contributed by atoms with Crippen molar-refractivity contribution < 1.29 is 9.59 Å². The lowest BCUT2D eigenvalue weighted by Crippen LogP contribution is -2.49. The van der Waals surface area contributed by atoms with Crippen LogP contribution >= 0.6 is 11.3 Å². The molecule has 2 fully saturated rings. The number of carbonyl (C=O) groups excluding carboxylic acids is 2. The highest BCUT2D eigenvalue weighted by molar-refractivity contribution is 7.10. The van der Waals surface area contributed by atoms with Crippen LogP contribution in [-0.4, -0.2) is 29.2 Å². The van der Waals surface area contributed by atoms with Gasteiger partial charge in [0.2, 0.25) is 5.91 Å². The fraction of sp³-hybridized carbons (Fsp3) is 0.714. The molecule has 4 heteroatoms. The summed E-state index contributed by atoms with van der Waals surface area (Å²) in [6.45, 7) is 0.972. The standard InChI is InChI=1S/C21H31NO2S/c23-18(16-19-11-7-15-25-19)10-2-1-3-13-21(24)22-14-6-9-17-8-4-5-12-20(17)22/h7,11,15,17,20H,1-6,8-10,12-14,16H2. The number of likely N-dealkylation sites (tertiary alicyclic amines) is 1. The minimum absolute atomic E-state index is 0.329. The minimum atomic E-state index is 0.329. The van der Waals surface area contributed by atoms with Gasteiger partial charge in [-0.2, -0.15) is 0 Å². The SMILES string of the molecule is O=C(CCCCCC(=O)N1CCCC2CCCCC21)Cc1cccs1. The van der Waals surface area contributed by atoms with Crippen molar-refractivity contribution >= 4 is 23.0 Å². The monoisotopic (exact) mass is 361 g/mol. The van der Waals surface area contributed by atoms with E-state index in [0.29, 0.717) is 37.0 Å². The molecule has 138 valence electrons. The predicted molar refractivity (Wildman–Crippen MR) is 103 cm³/mol. The second-order valence-corrected chi connectivity index (χ2v) is 8.73. The molecular weight excluding hydrogens is 330 g/mol. The number of carbonyl (C=O) groups is 2. The molecule has 1 aliphatic heterocycles. The molecule has 3 nitrogen and oxygen atoms in total. The first kappa shape index (κ1) is 18.6. The number of thiophene rings is 1. The van der Waals surface area contributed by atoms with Crippen LogP contribution in [0.5, 0.6) is 0 Å². The summed E-state index contributed by atoms with van der Waals surface area (Å²) < 4.78 is 0. The van der Waals surface area contributed by atoms with Gasteiger partial charge >= 0.3 is 0 Å². The molecule has 2 aliphatic rings. The number of hydrogen-bond donors (Lipinski definition) is 0. The molecule has 2 atom stereocenters. The zero-order valence-corrected chi connectivity index (χ0v) is 16.1. The van der Waals surface area contributed by atoms with Crippen molar-refractivity contribution in [3.63, 3.8) is 0 Å². The Bertz CT molecular complexity index is 552. The summed E-state index contributed by atoms with van der Waals surface area (Å²) in [4.78, 5) is 27.9. The summed E-state index contributed by atoms with van der Waals surface area (Å²) in [5.74, 6) is 1.46. The van der Waals surface area contributed by atoms with Crippen molar-refractivity contribution in [1.82, 2.24) is 4.90 Å². The smallest absolute Gasteiger partial charge is 0.222 e. The molecule has 0 radical (unpaired) electrons. The summed E-state index contributed by atoms with van der Waals surface area (Å²) >= 11 is 1.65. The molecule has 2 heterocycles. The van der Waals surface area contributed by atoms with Crippen molar-refractivity contribution in [2.45, 2.75) is 83.1 Å². The van der Waals surface area contributed by atoms with Crippen molar-refractivity contribution in [3.8, 4) is 0 Å². The first-order valence-corrected chi connectivity index (χ1v) is 11.0. The summed E-state index contributed by atoms with van der Waals surface area (Å²) in [7, 11) is 0. The van der Waals surface area contributed by atoms with Gasteiger partial charge in [0.15, 0.2) is 0 Å². The Morgan fingerprint density at radius 2 is 1.84 bits per heavy atom. The Morgan fingerprint density at radius 3 is 2.68 bits per heavy atom. The first-order chi connectivity index (χ1) is 12.2. The number of hydrogen-bond acceptors (Lipinski definition) is 3. The number of unbranched alkanes of at least 4 members (excludes halogenated alkanes) is 2. The van der Waals surface area contributed by atoms with Crippen LogP contribution < -0.4 is 0 Å². The molecule has 3 rings (SSSR count). The van der Waals surface area contributed by atoms with Gasteiger partial charge in [0.1, 0.15) is 5.78 Å². The second kappa shape index (κ2) is 9.51. The molecule has 0 bridgehead atoms. The number of fused-ring (bicyclic) bond motifs is 1. The van der Waals surface area contributed by atoms with E-state index in [9.17, 15) is 9.59 Å². The molecule has 0 aromatic carbocycles. The number of amides is 1. The quantitative estimate of drug-likeness (QED) is 0.612. The summed E-state index contributed by atoms with van der Waals surface area (Å²) in [6.07, 6.45) is 12.4. The normalized spacial score (nSPS) is 23.3. The van der Waals surface area contributed by atoms with Gasteiger partial charge in [-0.05, 0) is 55.9 Å². The Balaban J connectivity index is 1.31. The number of ketones is 1. The van der Waals surface area contributed by atoms with Gasteiger partial charge in [0.25, 0.3) is 0 Å². The zero-order valence-electron chi connectivity index (χ0n) is 15.3. The van der Waals surface area contributed by atoms with Gasteiger partial charge in [-0.3, -0.25) is 9.59 Å². The van der Waals surface area contributed by atoms with E-state index < -0.39 is 0 Å². The fourth-order valence-corrected chi connectivity index (χ4v) is 5.28. The van der Waals surface area contributed by atoms with Gasteiger partial charge in [-0.15, -0.1) is 11.3 Å². The van der Waals surface area contributed by atoms with Crippen molar-refractivity contribution in [2.24, 2.45) is 5.92 Å². The second-order valence-electron chi connectivity index (χ2n) is 7.70. The van der Waals surface area contributed by atoms with E-state index in [4.69, 9.17) is 0 Å². The van der Waals surface area contributed by atoms with Crippen molar-refractivity contribution in [3.05, 3.63) is 22.4 Å². The third-order valence-electron chi connectivity index (χ3n) is 5.86. The highest BCUT2D eigenvalue weighted by atomic mass is 32.1. The molecule has 1 saturated heterocycles. The molecular formula is C21H31NO2S. The van der Waals surface area contributed by atoms with Gasteiger partial charge in [0.05, 0.1) is 0 Å². The predicted octanol–water partition coefficient (Wildman–Crippen LogP) is 4.99. The lowest BCUT2D eigenvalue weighted by Gasteiger charge is -2.44. The lowest BCUT2D eigenvalue weighted by molar-refractivity contribution is -0.137. The van der Waals surface area contributed by atoms with E-state index in [1.54, 1.807) is 11.3 Å². The number of nitrogens with zero attached hydrogens (tertiary/aromatic N) is 1. The highest BCUT2D eigenvalue weighted by Gasteiger charge is 2.35. The van der Waals surface area contributed by atoms with E-state index in [1.165, 1.54) is 38.5 Å². The number of rotatable bonds is 8. The van der Waals surface area contributed by atoms with Crippen LogP contribution in [0.1, 0.15) is 75.5 Å².